The summed E-state index contributed by atoms with van der Waals surface area (Å²) in [5.41, 5.74) is 0.572. The molecule has 1 unspecified atom stereocenters. The fraction of sp³-hybridized carbons (Fsp3) is 0.963. The predicted octanol–water partition coefficient (Wildman–Crippen LogP) is 7.35. The highest BCUT2D eigenvalue weighted by Crippen LogP contribution is 2.69. The first-order valence-corrected chi connectivity index (χ1v) is 16.1. The van der Waals surface area contributed by atoms with Crippen LogP contribution in [0, 0.1) is 34.5 Å². The SMILES string of the molecule is CC(C)(C)[Si](C)(C)O[C@]1(OCC=O)CC[C@H]2[C@@H]3CCC4CCCC[C@]4(C)[C@H]3CC[C@@]21C. The van der Waals surface area contributed by atoms with Gasteiger partial charge in [0.05, 0.1) is 0 Å². The Balaban J connectivity index is 1.66. The van der Waals surface area contributed by atoms with Crippen molar-refractivity contribution >= 4 is 14.6 Å². The molecule has 4 saturated carbocycles. The number of rotatable bonds is 5. The smallest absolute Gasteiger partial charge is 0.195 e. The van der Waals surface area contributed by atoms with Crippen LogP contribution in [0.5, 0.6) is 0 Å². The number of hydrogen-bond acceptors (Lipinski definition) is 3. The summed E-state index contributed by atoms with van der Waals surface area (Å²) in [4.78, 5) is 11.4. The van der Waals surface area contributed by atoms with Crippen LogP contribution in [-0.2, 0) is 14.0 Å². The maximum atomic E-state index is 11.4. The van der Waals surface area contributed by atoms with Crippen molar-refractivity contribution in [3.05, 3.63) is 0 Å². The fourth-order valence-electron chi connectivity index (χ4n) is 8.42. The molecular formula is C27H48O3Si. The summed E-state index contributed by atoms with van der Waals surface area (Å²) in [6.07, 6.45) is 14.2. The Morgan fingerprint density at radius 1 is 0.935 bits per heavy atom. The Kier molecular flexibility index (Phi) is 6.14. The third-order valence-electron chi connectivity index (χ3n) is 11.2. The van der Waals surface area contributed by atoms with Crippen LogP contribution in [0.2, 0.25) is 18.1 Å². The molecule has 0 aliphatic heterocycles. The van der Waals surface area contributed by atoms with Crippen molar-refractivity contribution in [2.45, 2.75) is 123 Å². The molecule has 4 fully saturated rings. The van der Waals surface area contributed by atoms with Gasteiger partial charge >= 0.3 is 0 Å². The second kappa shape index (κ2) is 7.94. The van der Waals surface area contributed by atoms with E-state index in [0.717, 1.165) is 30.5 Å². The largest absolute Gasteiger partial charge is 0.390 e. The average molecular weight is 449 g/mol. The number of ether oxygens (including phenoxy) is 1. The summed E-state index contributed by atoms with van der Waals surface area (Å²) in [6.45, 7) is 16.9. The van der Waals surface area contributed by atoms with E-state index in [0.29, 0.717) is 11.3 Å². The quantitative estimate of drug-likeness (QED) is 0.250. The predicted molar refractivity (Wildman–Crippen MR) is 129 cm³/mol. The summed E-state index contributed by atoms with van der Waals surface area (Å²) in [6, 6.07) is 0. The van der Waals surface area contributed by atoms with Gasteiger partial charge in [0.25, 0.3) is 0 Å². The van der Waals surface area contributed by atoms with Gasteiger partial charge < -0.3 is 14.0 Å². The first kappa shape index (κ1) is 23.9. The monoisotopic (exact) mass is 448 g/mol. The number of hydrogen-bond donors (Lipinski definition) is 0. The van der Waals surface area contributed by atoms with E-state index >= 15 is 0 Å². The van der Waals surface area contributed by atoms with Crippen LogP contribution < -0.4 is 0 Å². The number of carbonyl (C=O) groups excluding carboxylic acids is 1. The van der Waals surface area contributed by atoms with Crippen molar-refractivity contribution in [1.29, 1.82) is 0 Å². The Hall–Kier alpha value is -0.193. The van der Waals surface area contributed by atoms with E-state index in [-0.39, 0.29) is 17.1 Å². The maximum Gasteiger partial charge on any atom is 0.195 e. The molecule has 4 rings (SSSR count). The van der Waals surface area contributed by atoms with Gasteiger partial charge in [-0.1, -0.05) is 47.5 Å². The van der Waals surface area contributed by atoms with Crippen molar-refractivity contribution in [3.8, 4) is 0 Å². The topological polar surface area (TPSA) is 35.5 Å². The molecule has 0 aromatic carbocycles. The lowest BCUT2D eigenvalue weighted by Gasteiger charge is -2.62. The molecule has 4 heteroatoms. The molecule has 178 valence electrons. The normalized spacial score (nSPS) is 45.5. The molecule has 4 aliphatic rings. The van der Waals surface area contributed by atoms with Gasteiger partial charge in [0.15, 0.2) is 14.1 Å². The van der Waals surface area contributed by atoms with Crippen molar-refractivity contribution in [2.24, 2.45) is 34.5 Å². The molecule has 31 heavy (non-hydrogen) atoms. The molecule has 0 radical (unpaired) electrons. The Morgan fingerprint density at radius 3 is 2.32 bits per heavy atom. The van der Waals surface area contributed by atoms with Crippen LogP contribution in [0.1, 0.15) is 98.8 Å². The van der Waals surface area contributed by atoms with E-state index in [4.69, 9.17) is 9.16 Å². The molecule has 0 aromatic rings. The third-order valence-corrected chi connectivity index (χ3v) is 15.7. The van der Waals surface area contributed by atoms with Gasteiger partial charge in [-0.05, 0) is 92.2 Å². The summed E-state index contributed by atoms with van der Waals surface area (Å²) in [5, 5.41) is 0.129. The summed E-state index contributed by atoms with van der Waals surface area (Å²) in [5.74, 6) is 2.72. The highest BCUT2D eigenvalue weighted by atomic mass is 28.4. The molecule has 0 bridgehead atoms. The standard InChI is InChI=1S/C27H48O3Si/c1-24(2,3)31(6,7)30-27(29-19-18-28)17-14-23-21-12-11-20-10-8-9-15-25(20,4)22(21)13-16-26(23,27)5/h18,20-23H,8-17,19H2,1-7H3/t20?,21-,22+,23+,25+,26+,27-/m1/s1. The van der Waals surface area contributed by atoms with Gasteiger partial charge in [0.1, 0.15) is 12.9 Å². The lowest BCUT2D eigenvalue weighted by Crippen LogP contribution is -2.61. The lowest BCUT2D eigenvalue weighted by molar-refractivity contribution is -0.265. The molecule has 0 heterocycles. The van der Waals surface area contributed by atoms with Gasteiger partial charge in [0, 0.05) is 11.8 Å². The van der Waals surface area contributed by atoms with Crippen molar-refractivity contribution in [3.63, 3.8) is 0 Å². The Labute approximate surface area is 192 Å². The second-order valence-electron chi connectivity index (χ2n) is 13.5. The average Bonchev–Trinajstić information content (AvgIpc) is 2.97. The molecule has 3 nitrogen and oxygen atoms in total. The van der Waals surface area contributed by atoms with Gasteiger partial charge in [-0.2, -0.15) is 0 Å². The molecular weight excluding hydrogens is 400 g/mol. The fourth-order valence-corrected chi connectivity index (χ4v) is 9.94. The van der Waals surface area contributed by atoms with Gasteiger partial charge in [-0.15, -0.1) is 0 Å². The molecule has 0 saturated heterocycles. The minimum Gasteiger partial charge on any atom is -0.390 e. The minimum atomic E-state index is -2.04. The van der Waals surface area contributed by atoms with Gasteiger partial charge in [0.2, 0.25) is 0 Å². The van der Waals surface area contributed by atoms with E-state index in [1.807, 2.05) is 0 Å². The van der Waals surface area contributed by atoms with Crippen molar-refractivity contribution in [1.82, 2.24) is 0 Å². The summed E-state index contributed by atoms with van der Waals surface area (Å²) < 4.78 is 13.7. The summed E-state index contributed by atoms with van der Waals surface area (Å²) in [7, 11) is -2.04. The number of carbonyl (C=O) groups is 1. The first-order chi connectivity index (χ1) is 14.4. The van der Waals surface area contributed by atoms with Crippen LogP contribution in [0.25, 0.3) is 0 Å². The maximum absolute atomic E-state index is 11.4. The third kappa shape index (κ3) is 3.62. The summed E-state index contributed by atoms with van der Waals surface area (Å²) >= 11 is 0. The van der Waals surface area contributed by atoms with Crippen LogP contribution in [0.4, 0.5) is 0 Å². The van der Waals surface area contributed by atoms with Crippen LogP contribution in [0.15, 0.2) is 0 Å². The van der Waals surface area contributed by atoms with Crippen LogP contribution in [-0.4, -0.2) is 27.0 Å². The number of fused-ring (bicyclic) bond motifs is 5. The molecule has 7 atom stereocenters. The van der Waals surface area contributed by atoms with Gasteiger partial charge in [-0.25, -0.2) is 0 Å². The first-order valence-electron chi connectivity index (χ1n) is 13.2. The molecule has 4 aliphatic carbocycles. The van der Waals surface area contributed by atoms with Crippen LogP contribution >= 0.6 is 0 Å². The Bertz CT molecular complexity index is 684. The lowest BCUT2D eigenvalue weighted by atomic mass is 9.45. The van der Waals surface area contributed by atoms with E-state index in [1.54, 1.807) is 0 Å². The Morgan fingerprint density at radius 2 is 1.65 bits per heavy atom. The zero-order chi connectivity index (χ0) is 22.7. The van der Waals surface area contributed by atoms with Crippen LogP contribution in [0.3, 0.4) is 0 Å². The highest BCUT2D eigenvalue weighted by Gasteiger charge is 2.67. The molecule has 0 spiro atoms. The molecule has 0 amide bonds. The molecule has 0 N–H and O–H groups in total. The van der Waals surface area contributed by atoms with E-state index in [2.05, 4.69) is 47.7 Å². The van der Waals surface area contributed by atoms with E-state index < -0.39 is 14.1 Å². The van der Waals surface area contributed by atoms with Crippen molar-refractivity contribution < 1.29 is 14.0 Å². The number of aldehydes is 1. The minimum absolute atomic E-state index is 0.0184. The van der Waals surface area contributed by atoms with E-state index in [1.165, 1.54) is 57.8 Å². The highest BCUT2D eigenvalue weighted by molar-refractivity contribution is 6.74. The zero-order valence-corrected chi connectivity index (χ0v) is 22.4. The van der Waals surface area contributed by atoms with Crippen molar-refractivity contribution in [2.75, 3.05) is 6.61 Å². The second-order valence-corrected chi connectivity index (χ2v) is 18.2. The molecule has 0 aromatic heterocycles. The van der Waals surface area contributed by atoms with Gasteiger partial charge in [-0.3, -0.25) is 0 Å². The zero-order valence-electron chi connectivity index (χ0n) is 21.4. The van der Waals surface area contributed by atoms with E-state index in [9.17, 15) is 4.79 Å².